The maximum absolute atomic E-state index is 12.0. The van der Waals surface area contributed by atoms with E-state index in [2.05, 4.69) is 4.74 Å². The summed E-state index contributed by atoms with van der Waals surface area (Å²) in [6, 6.07) is 3.37. The number of ether oxygens (including phenoxy) is 2. The second-order valence-electron chi connectivity index (χ2n) is 4.18. The van der Waals surface area contributed by atoms with Crippen LogP contribution in [0.1, 0.15) is 16.5 Å². The molecule has 106 valence electrons. The number of halogens is 5. The van der Waals surface area contributed by atoms with E-state index in [-0.39, 0.29) is 6.61 Å². The second kappa shape index (κ2) is 5.77. The van der Waals surface area contributed by atoms with E-state index in [1.165, 1.54) is 0 Å². The minimum atomic E-state index is -4.36. The number of alkyl halides is 4. The lowest BCUT2D eigenvalue weighted by Crippen LogP contribution is -2.18. The number of fused-ring (bicyclic) bond motifs is 1. The van der Waals surface area contributed by atoms with Crippen LogP contribution in [0.15, 0.2) is 12.1 Å². The van der Waals surface area contributed by atoms with E-state index in [4.69, 9.17) is 27.9 Å². The van der Waals surface area contributed by atoms with Crippen molar-refractivity contribution in [3.8, 4) is 5.75 Å². The Bertz CT molecular complexity index is 463. The van der Waals surface area contributed by atoms with E-state index in [1.54, 1.807) is 12.1 Å². The van der Waals surface area contributed by atoms with Crippen molar-refractivity contribution in [1.29, 1.82) is 0 Å². The highest BCUT2D eigenvalue weighted by atomic mass is 35.5. The molecule has 1 aliphatic heterocycles. The molecule has 1 aromatic rings. The van der Waals surface area contributed by atoms with Crippen LogP contribution in [0.2, 0.25) is 5.02 Å². The predicted molar refractivity (Wildman–Crippen MR) is 66.1 cm³/mol. The highest BCUT2D eigenvalue weighted by Crippen LogP contribution is 2.38. The van der Waals surface area contributed by atoms with Crippen molar-refractivity contribution in [3.05, 3.63) is 28.3 Å². The Kier molecular flexibility index (Phi) is 4.48. The molecule has 1 heterocycles. The summed E-state index contributed by atoms with van der Waals surface area (Å²) in [6.45, 7) is -1.05. The summed E-state index contributed by atoms with van der Waals surface area (Å²) in [4.78, 5) is 0. The molecule has 0 aromatic heterocycles. The van der Waals surface area contributed by atoms with Gasteiger partial charge in [0.1, 0.15) is 12.4 Å². The molecule has 0 aliphatic carbocycles. The zero-order valence-corrected chi connectivity index (χ0v) is 11.3. The fourth-order valence-electron chi connectivity index (χ4n) is 1.90. The van der Waals surface area contributed by atoms with E-state index in [1.807, 2.05) is 0 Å². The quantitative estimate of drug-likeness (QED) is 0.778. The van der Waals surface area contributed by atoms with Gasteiger partial charge in [0.05, 0.1) is 18.6 Å². The Labute approximate surface area is 118 Å². The molecule has 1 aliphatic rings. The van der Waals surface area contributed by atoms with Gasteiger partial charge in [-0.1, -0.05) is 11.6 Å². The fraction of sp³-hybridized carbons (Fsp3) is 0.500. The van der Waals surface area contributed by atoms with Crippen molar-refractivity contribution in [2.24, 2.45) is 0 Å². The average molecular weight is 315 g/mol. The second-order valence-corrected chi connectivity index (χ2v) is 5.14. The van der Waals surface area contributed by atoms with Gasteiger partial charge in [0.15, 0.2) is 0 Å². The smallest absolute Gasteiger partial charge is 0.411 e. The van der Waals surface area contributed by atoms with E-state index in [9.17, 15) is 13.2 Å². The Morgan fingerprint density at radius 3 is 2.79 bits per heavy atom. The third-order valence-electron chi connectivity index (χ3n) is 2.64. The molecule has 19 heavy (non-hydrogen) atoms. The Hall–Kier alpha value is -0.650. The van der Waals surface area contributed by atoms with Crippen LogP contribution in [-0.2, 0) is 11.2 Å². The van der Waals surface area contributed by atoms with Gasteiger partial charge in [-0.15, -0.1) is 11.6 Å². The third-order valence-corrected chi connectivity index (χ3v) is 3.22. The van der Waals surface area contributed by atoms with E-state index >= 15 is 0 Å². The van der Waals surface area contributed by atoms with Gasteiger partial charge in [0.2, 0.25) is 0 Å². The largest absolute Gasteiger partial charge is 0.493 e. The standard InChI is InChI=1S/C12H11Cl2F3O2/c13-8-3-7-1-2-19-11(7)9(4-8)10(14)5-18-6-12(15,16)17/h3-4,10H,1-2,5-6H2. The van der Waals surface area contributed by atoms with Gasteiger partial charge >= 0.3 is 6.18 Å². The fourth-order valence-corrected chi connectivity index (χ4v) is 2.40. The van der Waals surface area contributed by atoms with Crippen molar-refractivity contribution in [2.45, 2.75) is 18.0 Å². The van der Waals surface area contributed by atoms with Gasteiger partial charge in [-0.2, -0.15) is 13.2 Å². The normalized spacial score (nSPS) is 16.1. The highest BCUT2D eigenvalue weighted by molar-refractivity contribution is 6.31. The van der Waals surface area contributed by atoms with Crippen molar-refractivity contribution in [2.75, 3.05) is 19.8 Å². The zero-order chi connectivity index (χ0) is 14.0. The van der Waals surface area contributed by atoms with Crippen LogP contribution in [0.4, 0.5) is 13.2 Å². The Balaban J connectivity index is 2.05. The van der Waals surface area contributed by atoms with Crippen LogP contribution in [0, 0.1) is 0 Å². The molecule has 0 spiro atoms. The lowest BCUT2D eigenvalue weighted by atomic mass is 10.1. The average Bonchev–Trinajstić information content (AvgIpc) is 2.73. The van der Waals surface area contributed by atoms with Crippen molar-refractivity contribution >= 4 is 23.2 Å². The first-order valence-electron chi connectivity index (χ1n) is 5.60. The summed E-state index contributed by atoms with van der Waals surface area (Å²) in [6.07, 6.45) is -3.64. The maximum atomic E-state index is 12.0. The maximum Gasteiger partial charge on any atom is 0.411 e. The molecule has 0 amide bonds. The molecule has 0 saturated heterocycles. The molecule has 2 rings (SSSR count). The van der Waals surface area contributed by atoms with Crippen molar-refractivity contribution in [1.82, 2.24) is 0 Å². The summed E-state index contributed by atoms with van der Waals surface area (Å²) in [5, 5.41) is -0.242. The molecular formula is C12H11Cl2F3O2. The van der Waals surface area contributed by atoms with Crippen molar-refractivity contribution < 1.29 is 22.6 Å². The van der Waals surface area contributed by atoms with Crippen LogP contribution < -0.4 is 4.74 Å². The minimum Gasteiger partial charge on any atom is -0.493 e. The Morgan fingerprint density at radius 2 is 2.11 bits per heavy atom. The Morgan fingerprint density at radius 1 is 1.37 bits per heavy atom. The van der Waals surface area contributed by atoms with Gasteiger partial charge < -0.3 is 9.47 Å². The van der Waals surface area contributed by atoms with Crippen LogP contribution >= 0.6 is 23.2 Å². The molecule has 1 atom stereocenters. The number of rotatable bonds is 4. The van der Waals surface area contributed by atoms with Gasteiger partial charge in [-0.05, 0) is 17.7 Å². The van der Waals surface area contributed by atoms with Crippen LogP contribution in [0.25, 0.3) is 0 Å². The monoisotopic (exact) mass is 314 g/mol. The molecule has 0 radical (unpaired) electrons. The topological polar surface area (TPSA) is 18.5 Å². The summed E-state index contributed by atoms with van der Waals surface area (Å²) in [5.74, 6) is 0.611. The highest BCUT2D eigenvalue weighted by Gasteiger charge is 2.29. The van der Waals surface area contributed by atoms with Gasteiger partial charge in [-0.3, -0.25) is 0 Å². The summed E-state index contributed by atoms with van der Waals surface area (Å²) in [7, 11) is 0. The molecule has 1 aromatic carbocycles. The number of hydrogen-bond acceptors (Lipinski definition) is 2. The lowest BCUT2D eigenvalue weighted by molar-refractivity contribution is -0.173. The van der Waals surface area contributed by atoms with Crippen molar-refractivity contribution in [3.63, 3.8) is 0 Å². The number of benzene rings is 1. The SMILES string of the molecule is FC(F)(F)COCC(Cl)c1cc(Cl)cc2c1OCC2. The zero-order valence-electron chi connectivity index (χ0n) is 9.77. The van der Waals surface area contributed by atoms with E-state index in [0.29, 0.717) is 22.9 Å². The summed E-state index contributed by atoms with van der Waals surface area (Å²) < 4.78 is 45.9. The van der Waals surface area contributed by atoms with E-state index < -0.39 is 18.2 Å². The summed E-state index contributed by atoms with van der Waals surface area (Å²) in [5.41, 5.74) is 1.49. The van der Waals surface area contributed by atoms with Gasteiger partial charge in [0.25, 0.3) is 0 Å². The van der Waals surface area contributed by atoms with Crippen LogP contribution in [0.3, 0.4) is 0 Å². The molecular weight excluding hydrogens is 304 g/mol. The van der Waals surface area contributed by atoms with Gasteiger partial charge in [0, 0.05) is 17.0 Å². The molecule has 1 unspecified atom stereocenters. The van der Waals surface area contributed by atoms with Crippen LogP contribution in [0.5, 0.6) is 5.75 Å². The molecule has 0 fully saturated rings. The molecule has 0 N–H and O–H groups in total. The predicted octanol–water partition coefficient (Wildman–Crippen LogP) is 4.13. The summed E-state index contributed by atoms with van der Waals surface area (Å²) >= 11 is 12.0. The molecule has 0 saturated carbocycles. The first-order chi connectivity index (χ1) is 8.87. The first-order valence-corrected chi connectivity index (χ1v) is 6.42. The minimum absolute atomic E-state index is 0.253. The molecule has 2 nitrogen and oxygen atoms in total. The van der Waals surface area contributed by atoms with Gasteiger partial charge in [-0.25, -0.2) is 0 Å². The third kappa shape index (κ3) is 3.91. The first kappa shape index (κ1) is 14.8. The molecule has 0 bridgehead atoms. The van der Waals surface area contributed by atoms with Crippen LogP contribution in [-0.4, -0.2) is 26.0 Å². The lowest BCUT2D eigenvalue weighted by Gasteiger charge is -2.15. The molecule has 7 heteroatoms. The van der Waals surface area contributed by atoms with E-state index in [0.717, 1.165) is 12.0 Å². The number of hydrogen-bond donors (Lipinski definition) is 0.